The second-order valence-corrected chi connectivity index (χ2v) is 4.87. The van der Waals surface area contributed by atoms with Crippen LogP contribution in [0.25, 0.3) is 11.1 Å². The fourth-order valence-corrected chi connectivity index (χ4v) is 2.14. The second-order valence-electron chi connectivity index (χ2n) is 4.87. The molecule has 0 unspecified atom stereocenters. The maximum absolute atomic E-state index is 12.5. The normalized spacial score (nSPS) is 12.7. The van der Waals surface area contributed by atoms with Crippen molar-refractivity contribution in [3.63, 3.8) is 0 Å². The van der Waals surface area contributed by atoms with Crippen LogP contribution in [0.3, 0.4) is 0 Å². The van der Waals surface area contributed by atoms with Crippen molar-refractivity contribution in [2.45, 2.75) is 18.8 Å². The first-order valence-corrected chi connectivity index (χ1v) is 6.69. The molecule has 4 nitrogen and oxygen atoms in total. The van der Waals surface area contributed by atoms with Crippen molar-refractivity contribution < 1.29 is 27.8 Å². The molecule has 0 fully saturated rings. The van der Waals surface area contributed by atoms with Crippen molar-refractivity contribution in [3.8, 4) is 16.9 Å². The molecule has 3 N–H and O–H groups in total. The Bertz CT molecular complexity index is 687. The zero-order valence-electron chi connectivity index (χ0n) is 11.9. The summed E-state index contributed by atoms with van der Waals surface area (Å²) in [6.07, 6.45) is -5.15. The van der Waals surface area contributed by atoms with E-state index in [1.54, 1.807) is 30.3 Å². The molecule has 2 aromatic rings. The van der Waals surface area contributed by atoms with Gasteiger partial charge in [0.1, 0.15) is 5.75 Å². The van der Waals surface area contributed by atoms with E-state index in [0.29, 0.717) is 11.1 Å². The molecule has 0 saturated carbocycles. The molecule has 2 aromatic carbocycles. The Balaban J connectivity index is 2.46. The van der Waals surface area contributed by atoms with Crippen molar-refractivity contribution >= 4 is 5.97 Å². The molecule has 0 radical (unpaired) electrons. The SMILES string of the molecule is N[C@@H](CC(=O)O)c1ccc(OC(F)(F)F)c(-c2ccccc2)c1. The molecule has 0 bridgehead atoms. The maximum atomic E-state index is 12.5. The lowest BCUT2D eigenvalue weighted by Gasteiger charge is -2.17. The average Bonchev–Trinajstić information content (AvgIpc) is 2.46. The molecule has 0 aliphatic rings. The van der Waals surface area contributed by atoms with Crippen molar-refractivity contribution in [1.82, 2.24) is 0 Å². The Labute approximate surface area is 130 Å². The summed E-state index contributed by atoms with van der Waals surface area (Å²) in [5.41, 5.74) is 6.90. The predicted octanol–water partition coefficient (Wildman–Crippen LogP) is 3.73. The van der Waals surface area contributed by atoms with Gasteiger partial charge in [-0.15, -0.1) is 13.2 Å². The first kappa shape index (κ1) is 16.8. The molecular weight excluding hydrogens is 311 g/mol. The number of carboxylic acid groups (broad SMARTS) is 1. The van der Waals surface area contributed by atoms with Crippen molar-refractivity contribution in [2.75, 3.05) is 0 Å². The van der Waals surface area contributed by atoms with Crippen molar-refractivity contribution in [2.24, 2.45) is 5.73 Å². The molecule has 23 heavy (non-hydrogen) atoms. The van der Waals surface area contributed by atoms with Crippen LogP contribution < -0.4 is 10.5 Å². The summed E-state index contributed by atoms with van der Waals surface area (Å²) in [7, 11) is 0. The molecule has 7 heteroatoms. The van der Waals surface area contributed by atoms with Gasteiger partial charge >= 0.3 is 12.3 Å². The van der Waals surface area contributed by atoms with Gasteiger partial charge < -0.3 is 15.6 Å². The number of alkyl halides is 3. The molecule has 0 aliphatic carbocycles. The molecule has 0 amide bonds. The summed E-state index contributed by atoms with van der Waals surface area (Å²) in [5, 5.41) is 8.79. The molecule has 0 heterocycles. The van der Waals surface area contributed by atoms with Gasteiger partial charge in [0.25, 0.3) is 0 Å². The third kappa shape index (κ3) is 4.72. The van der Waals surface area contributed by atoms with Crippen LogP contribution in [-0.4, -0.2) is 17.4 Å². The van der Waals surface area contributed by atoms with Crippen molar-refractivity contribution in [1.29, 1.82) is 0 Å². The van der Waals surface area contributed by atoms with Gasteiger partial charge in [0.2, 0.25) is 0 Å². The Morgan fingerprint density at radius 1 is 1.17 bits per heavy atom. The standard InChI is InChI=1S/C16H14F3NO3/c17-16(18,19)23-14-7-6-11(13(20)9-15(21)22)8-12(14)10-4-2-1-3-5-10/h1-8,13H,9,20H2,(H,21,22)/t13-/m0/s1. The van der Waals surface area contributed by atoms with E-state index in [1.807, 2.05) is 0 Å². The summed E-state index contributed by atoms with van der Waals surface area (Å²) in [6, 6.07) is 11.4. The third-order valence-corrected chi connectivity index (χ3v) is 3.14. The highest BCUT2D eigenvalue weighted by molar-refractivity contribution is 5.72. The number of hydrogen-bond donors (Lipinski definition) is 2. The monoisotopic (exact) mass is 325 g/mol. The minimum Gasteiger partial charge on any atom is -0.481 e. The van der Waals surface area contributed by atoms with Crippen molar-refractivity contribution in [3.05, 3.63) is 54.1 Å². The minimum absolute atomic E-state index is 0.196. The van der Waals surface area contributed by atoms with Crippen LogP contribution in [0.1, 0.15) is 18.0 Å². The van der Waals surface area contributed by atoms with Gasteiger partial charge in [-0.1, -0.05) is 36.4 Å². The number of aliphatic carboxylic acids is 1. The highest BCUT2D eigenvalue weighted by Gasteiger charge is 2.32. The quantitative estimate of drug-likeness (QED) is 0.878. The predicted molar refractivity (Wildman–Crippen MR) is 77.7 cm³/mol. The summed E-state index contributed by atoms with van der Waals surface area (Å²) in [6.45, 7) is 0. The zero-order chi connectivity index (χ0) is 17.0. The molecule has 2 rings (SSSR count). The third-order valence-electron chi connectivity index (χ3n) is 3.14. The number of carboxylic acids is 1. The molecule has 0 saturated heterocycles. The van der Waals surface area contributed by atoms with Crippen LogP contribution >= 0.6 is 0 Å². The van der Waals surface area contributed by atoms with E-state index in [9.17, 15) is 18.0 Å². The maximum Gasteiger partial charge on any atom is 0.573 e. The second kappa shape index (κ2) is 6.70. The van der Waals surface area contributed by atoms with E-state index in [-0.39, 0.29) is 17.7 Å². The Kier molecular flexibility index (Phi) is 4.90. The Hall–Kier alpha value is -2.54. The number of benzene rings is 2. The van der Waals surface area contributed by atoms with E-state index in [1.165, 1.54) is 12.1 Å². The lowest BCUT2D eigenvalue weighted by atomic mass is 9.97. The average molecular weight is 325 g/mol. The fourth-order valence-electron chi connectivity index (χ4n) is 2.14. The van der Waals surface area contributed by atoms with Gasteiger partial charge in [-0.3, -0.25) is 4.79 Å². The molecule has 1 atom stereocenters. The number of nitrogens with two attached hydrogens (primary N) is 1. The van der Waals surface area contributed by atoms with Crippen LogP contribution in [0.5, 0.6) is 5.75 Å². The van der Waals surface area contributed by atoms with Gasteiger partial charge in [0.05, 0.1) is 6.42 Å². The topological polar surface area (TPSA) is 72.6 Å². The van der Waals surface area contributed by atoms with E-state index >= 15 is 0 Å². The Morgan fingerprint density at radius 3 is 2.39 bits per heavy atom. The highest BCUT2D eigenvalue weighted by Crippen LogP contribution is 2.35. The van der Waals surface area contributed by atoms with E-state index in [2.05, 4.69) is 4.74 Å². The minimum atomic E-state index is -4.83. The molecule has 0 aromatic heterocycles. The fraction of sp³-hybridized carbons (Fsp3) is 0.188. The van der Waals surface area contributed by atoms with E-state index in [4.69, 9.17) is 10.8 Å². The lowest BCUT2D eigenvalue weighted by molar-refractivity contribution is -0.274. The van der Waals surface area contributed by atoms with Gasteiger partial charge in [-0.2, -0.15) is 0 Å². The van der Waals surface area contributed by atoms with Gasteiger partial charge in [0.15, 0.2) is 0 Å². The molecule has 0 aliphatic heterocycles. The van der Waals surface area contributed by atoms with Gasteiger partial charge in [0, 0.05) is 11.6 Å². The number of halogens is 3. The number of carbonyl (C=O) groups is 1. The molecule has 0 spiro atoms. The van der Waals surface area contributed by atoms with Crippen LogP contribution in [0.4, 0.5) is 13.2 Å². The van der Waals surface area contributed by atoms with E-state index < -0.39 is 18.4 Å². The molecular formula is C16H14F3NO3. The smallest absolute Gasteiger partial charge is 0.481 e. The summed E-state index contributed by atoms with van der Waals surface area (Å²) < 4.78 is 41.7. The first-order chi connectivity index (χ1) is 10.8. The first-order valence-electron chi connectivity index (χ1n) is 6.69. The van der Waals surface area contributed by atoms with E-state index in [0.717, 1.165) is 6.07 Å². The summed E-state index contributed by atoms with van der Waals surface area (Å²) in [4.78, 5) is 10.7. The number of ether oxygens (including phenoxy) is 1. The summed E-state index contributed by atoms with van der Waals surface area (Å²) >= 11 is 0. The highest BCUT2D eigenvalue weighted by atomic mass is 19.4. The van der Waals surface area contributed by atoms with Gasteiger partial charge in [-0.05, 0) is 23.3 Å². The van der Waals surface area contributed by atoms with Crippen LogP contribution in [0.15, 0.2) is 48.5 Å². The molecule has 122 valence electrons. The largest absolute Gasteiger partial charge is 0.573 e. The summed E-state index contributed by atoms with van der Waals surface area (Å²) in [5.74, 6) is -1.45. The lowest BCUT2D eigenvalue weighted by Crippen LogP contribution is -2.18. The van der Waals surface area contributed by atoms with Crippen LogP contribution in [0, 0.1) is 0 Å². The zero-order valence-corrected chi connectivity index (χ0v) is 11.9. The number of hydrogen-bond acceptors (Lipinski definition) is 3. The van der Waals surface area contributed by atoms with Crippen LogP contribution in [0.2, 0.25) is 0 Å². The van der Waals surface area contributed by atoms with Crippen LogP contribution in [-0.2, 0) is 4.79 Å². The Morgan fingerprint density at radius 2 is 1.83 bits per heavy atom. The van der Waals surface area contributed by atoms with Gasteiger partial charge in [-0.25, -0.2) is 0 Å². The number of rotatable bonds is 5.